The lowest BCUT2D eigenvalue weighted by Gasteiger charge is -2.28. The van der Waals surface area contributed by atoms with Gasteiger partial charge in [-0.2, -0.15) is 0 Å². The van der Waals surface area contributed by atoms with E-state index < -0.39 is 6.17 Å². The molecular weight excluding hydrogens is 397 g/mol. The first-order valence-electron chi connectivity index (χ1n) is 11.8. The number of benzene rings is 1. The minimum absolute atomic E-state index is 0.607. The zero-order valence-corrected chi connectivity index (χ0v) is 19.9. The van der Waals surface area contributed by atoms with E-state index in [0.717, 1.165) is 39.0 Å². The Labute approximate surface area is 193 Å². The third-order valence-electron chi connectivity index (χ3n) is 6.36. The van der Waals surface area contributed by atoms with Gasteiger partial charge in [-0.05, 0) is 69.5 Å². The van der Waals surface area contributed by atoms with Gasteiger partial charge in [0.15, 0.2) is 0 Å². The second-order valence-electron chi connectivity index (χ2n) is 8.68. The van der Waals surface area contributed by atoms with E-state index in [0.29, 0.717) is 12.8 Å². The van der Waals surface area contributed by atoms with Gasteiger partial charge in [-0.15, -0.1) is 0 Å². The van der Waals surface area contributed by atoms with Crippen LogP contribution in [0.25, 0.3) is 10.9 Å². The second kappa shape index (κ2) is 12.0. The van der Waals surface area contributed by atoms with E-state index in [1.807, 2.05) is 20.2 Å². The van der Waals surface area contributed by atoms with Gasteiger partial charge in [0.25, 0.3) is 0 Å². The summed E-state index contributed by atoms with van der Waals surface area (Å²) in [5.41, 5.74) is 6.62. The number of alkyl halides is 1. The highest BCUT2D eigenvalue weighted by atomic mass is 19.1. The zero-order valence-electron chi connectivity index (χ0n) is 19.9. The van der Waals surface area contributed by atoms with Crippen molar-refractivity contribution in [3.8, 4) is 0 Å². The smallest absolute Gasteiger partial charge is 0.103 e. The Morgan fingerprint density at radius 2 is 1.81 bits per heavy atom. The number of hydrogen-bond acceptors (Lipinski definition) is 2. The molecule has 4 heteroatoms. The first-order chi connectivity index (χ1) is 15.6. The number of nitrogens with zero attached hydrogens (tertiary/aromatic N) is 2. The number of piperidine rings is 1. The Hall–Kier alpha value is -2.43. The highest BCUT2D eigenvalue weighted by Crippen LogP contribution is 2.29. The van der Waals surface area contributed by atoms with E-state index in [4.69, 9.17) is 0 Å². The lowest BCUT2D eigenvalue weighted by atomic mass is 10.0. The summed E-state index contributed by atoms with van der Waals surface area (Å²) in [6, 6.07) is 8.74. The molecule has 0 amide bonds. The number of fused-ring (bicyclic) bond motifs is 1. The molecule has 2 aromatic rings. The summed E-state index contributed by atoms with van der Waals surface area (Å²) in [5, 5.41) is 4.10. The van der Waals surface area contributed by atoms with Crippen molar-refractivity contribution in [2.24, 2.45) is 0 Å². The highest BCUT2D eigenvalue weighted by molar-refractivity contribution is 5.86. The van der Waals surface area contributed by atoms with Gasteiger partial charge in [0.05, 0.1) is 0 Å². The number of halogens is 1. The summed E-state index contributed by atoms with van der Waals surface area (Å²) in [6.07, 6.45) is 13.5. The van der Waals surface area contributed by atoms with Crippen LogP contribution in [-0.2, 0) is 13.0 Å². The number of para-hydroxylation sites is 1. The predicted molar refractivity (Wildman–Crippen MR) is 136 cm³/mol. The van der Waals surface area contributed by atoms with Crippen molar-refractivity contribution in [2.45, 2.75) is 45.3 Å². The molecule has 3 nitrogen and oxygen atoms in total. The fraction of sp³-hybridized carbons (Fsp3) is 0.429. The van der Waals surface area contributed by atoms with E-state index in [-0.39, 0.29) is 0 Å². The van der Waals surface area contributed by atoms with Crippen LogP contribution in [0, 0.1) is 6.92 Å². The molecular formula is C28H38FN3. The molecule has 0 unspecified atom stereocenters. The van der Waals surface area contributed by atoms with E-state index in [2.05, 4.69) is 76.9 Å². The molecule has 0 radical (unpaired) electrons. The minimum atomic E-state index is -0.607. The Bertz CT molecular complexity index is 988. The summed E-state index contributed by atoms with van der Waals surface area (Å²) in [4.78, 5) is 2.41. The van der Waals surface area contributed by atoms with Crippen LogP contribution in [0.3, 0.4) is 0 Å². The van der Waals surface area contributed by atoms with Crippen molar-refractivity contribution in [3.63, 3.8) is 0 Å². The van der Waals surface area contributed by atoms with Crippen LogP contribution in [0.5, 0.6) is 0 Å². The predicted octanol–water partition coefficient (Wildman–Crippen LogP) is 5.76. The van der Waals surface area contributed by atoms with Crippen LogP contribution in [0.1, 0.15) is 30.5 Å². The maximum Gasteiger partial charge on any atom is 0.103 e. The lowest BCUT2D eigenvalue weighted by Crippen LogP contribution is -2.36. The molecule has 0 bridgehead atoms. The van der Waals surface area contributed by atoms with Gasteiger partial charge in [-0.3, -0.25) is 0 Å². The minimum Gasteiger partial charge on any atom is -0.343 e. The molecule has 1 aliphatic heterocycles. The molecule has 1 aromatic carbocycles. The molecule has 1 aliphatic carbocycles. The van der Waals surface area contributed by atoms with Gasteiger partial charge >= 0.3 is 0 Å². The molecule has 4 rings (SSSR count). The summed E-state index contributed by atoms with van der Waals surface area (Å²) in [7, 11) is 3.75. The van der Waals surface area contributed by atoms with Crippen LogP contribution in [0.15, 0.2) is 72.4 Å². The first-order valence-corrected chi connectivity index (χ1v) is 11.8. The van der Waals surface area contributed by atoms with E-state index in [1.54, 1.807) is 0 Å². The summed E-state index contributed by atoms with van der Waals surface area (Å²) in [6.45, 7) is 9.83. The molecule has 0 atom stereocenters. The average Bonchev–Trinajstić information content (AvgIpc) is 2.94. The number of hydrogen-bond donors (Lipinski definition) is 1. The maximum absolute atomic E-state index is 13.4. The molecule has 1 N–H and O–H groups in total. The third-order valence-corrected chi connectivity index (χ3v) is 6.36. The Kier molecular flexibility index (Phi) is 9.07. The van der Waals surface area contributed by atoms with Gasteiger partial charge in [-0.25, -0.2) is 4.39 Å². The van der Waals surface area contributed by atoms with Crippen molar-refractivity contribution >= 4 is 10.9 Å². The Morgan fingerprint density at radius 3 is 2.53 bits per heavy atom. The number of likely N-dealkylation sites (tertiary alicyclic amines) is 1. The summed E-state index contributed by atoms with van der Waals surface area (Å²) in [5.74, 6) is 0. The van der Waals surface area contributed by atoms with Crippen molar-refractivity contribution < 1.29 is 4.39 Å². The van der Waals surface area contributed by atoms with Crippen LogP contribution in [0.2, 0.25) is 0 Å². The topological polar surface area (TPSA) is 20.2 Å². The summed E-state index contributed by atoms with van der Waals surface area (Å²) < 4.78 is 15.9. The van der Waals surface area contributed by atoms with Crippen molar-refractivity contribution in [3.05, 3.63) is 83.6 Å². The van der Waals surface area contributed by atoms with Crippen LogP contribution in [-0.4, -0.2) is 49.4 Å². The normalized spacial score (nSPS) is 17.4. The Morgan fingerprint density at radius 1 is 1.09 bits per heavy atom. The third kappa shape index (κ3) is 6.08. The molecule has 32 heavy (non-hydrogen) atoms. The van der Waals surface area contributed by atoms with Crippen molar-refractivity contribution in [2.75, 3.05) is 33.7 Å². The first kappa shape index (κ1) is 24.2. The van der Waals surface area contributed by atoms with Crippen LogP contribution in [0.4, 0.5) is 4.39 Å². The molecule has 0 saturated carbocycles. The molecule has 0 spiro atoms. The number of aromatic nitrogens is 1. The van der Waals surface area contributed by atoms with Gasteiger partial charge in [0.1, 0.15) is 6.17 Å². The highest BCUT2D eigenvalue weighted by Gasteiger charge is 2.19. The van der Waals surface area contributed by atoms with Crippen molar-refractivity contribution in [1.29, 1.82) is 0 Å². The fourth-order valence-electron chi connectivity index (χ4n) is 4.55. The molecule has 2 aliphatic rings. The lowest BCUT2D eigenvalue weighted by molar-refractivity contribution is 0.147. The van der Waals surface area contributed by atoms with E-state index in [9.17, 15) is 4.39 Å². The van der Waals surface area contributed by atoms with Gasteiger partial charge in [-0.1, -0.05) is 55.2 Å². The van der Waals surface area contributed by atoms with Crippen LogP contribution >= 0.6 is 0 Å². The summed E-state index contributed by atoms with van der Waals surface area (Å²) >= 11 is 0. The van der Waals surface area contributed by atoms with E-state index >= 15 is 0 Å². The van der Waals surface area contributed by atoms with E-state index in [1.165, 1.54) is 33.3 Å². The van der Waals surface area contributed by atoms with Gasteiger partial charge in [0.2, 0.25) is 0 Å². The van der Waals surface area contributed by atoms with Gasteiger partial charge < -0.3 is 14.8 Å². The number of nitrogens with one attached hydrogen (secondary N) is 1. The standard InChI is InChI=1S/C26H31FN2.C2H7N/c1-3-21-7-6-8-22(12-11-21)19-25-20(2)29(26-10-5-4-9-24(25)26)18-17-28-15-13-23(27)14-16-28;1-3-2/h3-5,7-12,23H,1,6,13-19H2,2H3;3H,1-2H3. The molecule has 2 heterocycles. The maximum atomic E-state index is 13.4. The van der Waals surface area contributed by atoms with Crippen molar-refractivity contribution in [1.82, 2.24) is 14.8 Å². The molecule has 1 fully saturated rings. The SMILES string of the molecule is C=CC1=CCC=C(Cc2c(C)n(CCN3CCC(F)CC3)c3ccccc23)C=C1.CNC. The van der Waals surface area contributed by atoms with Gasteiger partial charge in [0, 0.05) is 42.8 Å². The average molecular weight is 436 g/mol. The number of rotatable bonds is 6. The second-order valence-corrected chi connectivity index (χ2v) is 8.68. The molecule has 1 aromatic heterocycles. The van der Waals surface area contributed by atoms with Crippen LogP contribution < -0.4 is 5.32 Å². The number of allylic oxidation sites excluding steroid dienone is 7. The monoisotopic (exact) mass is 435 g/mol. The Balaban J connectivity index is 0.000000913. The fourth-order valence-corrected chi connectivity index (χ4v) is 4.55. The quantitative estimate of drug-likeness (QED) is 0.622. The largest absolute Gasteiger partial charge is 0.343 e. The molecule has 172 valence electrons. The zero-order chi connectivity index (χ0) is 22.9. The molecule has 1 saturated heterocycles.